The average molecular weight is 514 g/mol. The molecule has 1 amide bonds. The van der Waals surface area contributed by atoms with E-state index < -0.39 is 5.60 Å². The van der Waals surface area contributed by atoms with Crippen LogP contribution in [0, 0.1) is 0 Å². The van der Waals surface area contributed by atoms with E-state index in [-0.39, 0.29) is 24.9 Å². The molecule has 2 atom stereocenters. The summed E-state index contributed by atoms with van der Waals surface area (Å²) in [5, 5.41) is 0. The van der Waals surface area contributed by atoms with Crippen molar-refractivity contribution in [2.45, 2.75) is 57.8 Å². The molecule has 1 aliphatic rings. The Morgan fingerprint density at radius 3 is 2.62 bits per heavy atom. The van der Waals surface area contributed by atoms with Gasteiger partial charge in [-0.25, -0.2) is 4.79 Å². The van der Waals surface area contributed by atoms with Crippen LogP contribution in [0.1, 0.15) is 50.7 Å². The topological polar surface area (TPSA) is 66.5 Å². The van der Waals surface area contributed by atoms with Gasteiger partial charge in [0.05, 0.1) is 26.4 Å². The van der Waals surface area contributed by atoms with Crippen molar-refractivity contribution in [2.24, 2.45) is 0 Å². The SMILES string of the molecule is COCCOCOC1C=CCC(c2c(OC)ccc(CN(C)C(=O)OC(C)(C)C)c2Br)C1. The number of rotatable bonds is 10. The number of carbonyl (C=O) groups is 1. The third kappa shape index (κ3) is 8.06. The Morgan fingerprint density at radius 2 is 1.97 bits per heavy atom. The lowest BCUT2D eigenvalue weighted by molar-refractivity contribution is -0.0885. The van der Waals surface area contributed by atoms with Gasteiger partial charge in [-0.15, -0.1) is 0 Å². The number of hydrogen-bond acceptors (Lipinski definition) is 6. The van der Waals surface area contributed by atoms with Gasteiger partial charge in [0.1, 0.15) is 18.1 Å². The van der Waals surface area contributed by atoms with Crippen molar-refractivity contribution in [2.75, 3.05) is 41.3 Å². The predicted octanol–water partition coefficient (Wildman–Crippen LogP) is 5.26. The van der Waals surface area contributed by atoms with Crippen LogP contribution in [0.25, 0.3) is 0 Å². The highest BCUT2D eigenvalue weighted by Gasteiger charge is 2.27. The van der Waals surface area contributed by atoms with Gasteiger partial charge in [0, 0.05) is 30.7 Å². The minimum atomic E-state index is -0.537. The lowest BCUT2D eigenvalue weighted by Crippen LogP contribution is -2.34. The lowest BCUT2D eigenvalue weighted by atomic mass is 9.85. The summed E-state index contributed by atoms with van der Waals surface area (Å²) in [6, 6.07) is 3.93. The zero-order valence-electron chi connectivity index (χ0n) is 20.0. The molecule has 1 aliphatic carbocycles. The minimum Gasteiger partial charge on any atom is -0.496 e. The number of halogens is 1. The molecule has 0 fully saturated rings. The van der Waals surface area contributed by atoms with E-state index in [0.717, 1.165) is 34.2 Å². The van der Waals surface area contributed by atoms with Gasteiger partial charge >= 0.3 is 6.09 Å². The van der Waals surface area contributed by atoms with Gasteiger partial charge in [-0.2, -0.15) is 0 Å². The number of allylic oxidation sites excluding steroid dienone is 1. The fourth-order valence-electron chi connectivity index (χ4n) is 3.51. The first-order valence-electron chi connectivity index (χ1n) is 10.8. The van der Waals surface area contributed by atoms with E-state index in [2.05, 4.69) is 28.1 Å². The van der Waals surface area contributed by atoms with Crippen LogP contribution in [0.5, 0.6) is 5.75 Å². The van der Waals surface area contributed by atoms with Crippen molar-refractivity contribution in [3.05, 3.63) is 39.9 Å². The summed E-state index contributed by atoms with van der Waals surface area (Å²) in [6.45, 7) is 7.27. The molecule has 0 heterocycles. The van der Waals surface area contributed by atoms with Crippen molar-refractivity contribution in [1.82, 2.24) is 4.90 Å². The monoisotopic (exact) mass is 513 g/mol. The second-order valence-corrected chi connectivity index (χ2v) is 9.60. The zero-order chi connectivity index (χ0) is 23.7. The normalized spacial score (nSPS) is 18.5. The average Bonchev–Trinajstić information content (AvgIpc) is 2.73. The molecule has 1 aromatic rings. The van der Waals surface area contributed by atoms with Gasteiger partial charge in [0.25, 0.3) is 0 Å². The molecule has 32 heavy (non-hydrogen) atoms. The van der Waals surface area contributed by atoms with Crippen LogP contribution in [-0.4, -0.2) is 64.0 Å². The molecule has 0 spiro atoms. The van der Waals surface area contributed by atoms with Crippen LogP contribution < -0.4 is 4.74 Å². The Labute approximate surface area is 200 Å². The fraction of sp³-hybridized carbons (Fsp3) is 0.625. The zero-order valence-corrected chi connectivity index (χ0v) is 21.6. The van der Waals surface area contributed by atoms with Gasteiger partial charge in [-0.05, 0) is 51.2 Å². The first-order chi connectivity index (χ1) is 15.2. The Balaban J connectivity index is 2.12. The molecule has 0 N–H and O–H groups in total. The Bertz CT molecular complexity index is 776. The molecule has 0 saturated carbocycles. The minimum absolute atomic E-state index is 0.0407. The van der Waals surface area contributed by atoms with E-state index in [1.54, 1.807) is 26.2 Å². The summed E-state index contributed by atoms with van der Waals surface area (Å²) in [5.41, 5.74) is 1.54. The van der Waals surface area contributed by atoms with Gasteiger partial charge in [0.2, 0.25) is 0 Å². The molecule has 7 nitrogen and oxygen atoms in total. The molecule has 8 heteroatoms. The van der Waals surface area contributed by atoms with E-state index in [0.29, 0.717) is 19.8 Å². The van der Waals surface area contributed by atoms with Crippen LogP contribution in [0.15, 0.2) is 28.8 Å². The first-order valence-corrected chi connectivity index (χ1v) is 11.6. The maximum absolute atomic E-state index is 12.4. The highest BCUT2D eigenvalue weighted by Crippen LogP contribution is 2.42. The third-order valence-electron chi connectivity index (χ3n) is 5.05. The van der Waals surface area contributed by atoms with Crippen LogP contribution in [0.2, 0.25) is 0 Å². The van der Waals surface area contributed by atoms with E-state index in [9.17, 15) is 4.79 Å². The second kappa shape index (κ2) is 12.6. The number of nitrogens with zero attached hydrogens (tertiary/aromatic N) is 1. The van der Waals surface area contributed by atoms with E-state index in [1.807, 2.05) is 32.9 Å². The van der Waals surface area contributed by atoms with Gasteiger partial charge in [0.15, 0.2) is 0 Å². The summed E-state index contributed by atoms with van der Waals surface area (Å²) in [6.07, 6.45) is 5.51. The Hall–Kier alpha value is -1.61. The number of benzene rings is 1. The number of carbonyl (C=O) groups excluding carboxylic acids is 1. The van der Waals surface area contributed by atoms with Crippen LogP contribution in [0.4, 0.5) is 4.79 Å². The summed E-state index contributed by atoms with van der Waals surface area (Å²) < 4.78 is 28.4. The van der Waals surface area contributed by atoms with Crippen LogP contribution >= 0.6 is 15.9 Å². The van der Waals surface area contributed by atoms with Crippen molar-refractivity contribution < 1.29 is 28.5 Å². The molecular weight excluding hydrogens is 478 g/mol. The van der Waals surface area contributed by atoms with Crippen molar-refractivity contribution >= 4 is 22.0 Å². The number of ether oxygens (including phenoxy) is 5. The van der Waals surface area contributed by atoms with E-state index in [1.165, 1.54) is 0 Å². The van der Waals surface area contributed by atoms with Crippen molar-refractivity contribution in [3.63, 3.8) is 0 Å². The second-order valence-electron chi connectivity index (χ2n) is 8.81. The Morgan fingerprint density at radius 1 is 1.22 bits per heavy atom. The largest absolute Gasteiger partial charge is 0.496 e. The molecule has 1 aromatic carbocycles. The first kappa shape index (κ1) is 26.6. The summed E-state index contributed by atoms with van der Waals surface area (Å²) in [7, 11) is 5.05. The van der Waals surface area contributed by atoms with Gasteiger partial charge < -0.3 is 28.6 Å². The lowest BCUT2D eigenvalue weighted by Gasteiger charge is -2.29. The highest BCUT2D eigenvalue weighted by molar-refractivity contribution is 9.10. The quantitative estimate of drug-likeness (QED) is 0.241. The molecule has 0 saturated heterocycles. The van der Waals surface area contributed by atoms with Crippen molar-refractivity contribution in [1.29, 1.82) is 0 Å². The number of methoxy groups -OCH3 is 2. The molecule has 0 radical (unpaired) electrons. The fourth-order valence-corrected chi connectivity index (χ4v) is 4.28. The molecule has 0 aromatic heterocycles. The van der Waals surface area contributed by atoms with E-state index in [4.69, 9.17) is 23.7 Å². The number of hydrogen-bond donors (Lipinski definition) is 0. The highest BCUT2D eigenvalue weighted by atomic mass is 79.9. The smallest absolute Gasteiger partial charge is 0.410 e. The maximum atomic E-state index is 12.4. The molecular formula is C24H36BrNO6. The third-order valence-corrected chi connectivity index (χ3v) is 5.98. The number of amides is 1. The van der Waals surface area contributed by atoms with E-state index >= 15 is 0 Å². The standard InChI is InChI=1S/C24H36BrNO6/c1-24(2,3)32-23(27)26(4)15-18-10-11-20(29-6)21(22(18)25)17-8-7-9-19(14-17)31-16-30-13-12-28-5/h7,9-11,17,19H,8,12-16H2,1-6H3. The predicted molar refractivity (Wildman–Crippen MR) is 127 cm³/mol. The maximum Gasteiger partial charge on any atom is 0.410 e. The molecule has 2 unspecified atom stereocenters. The molecule has 2 rings (SSSR count). The van der Waals surface area contributed by atoms with Crippen molar-refractivity contribution in [3.8, 4) is 5.75 Å². The summed E-state index contributed by atoms with van der Waals surface area (Å²) >= 11 is 3.79. The van der Waals surface area contributed by atoms with Gasteiger partial charge in [-0.3, -0.25) is 0 Å². The summed E-state index contributed by atoms with van der Waals surface area (Å²) in [4.78, 5) is 14.0. The van der Waals surface area contributed by atoms with Gasteiger partial charge in [-0.1, -0.05) is 34.1 Å². The molecule has 0 bridgehead atoms. The Kier molecular flexibility index (Phi) is 10.5. The van der Waals surface area contributed by atoms with Crippen LogP contribution in [-0.2, 0) is 25.5 Å². The summed E-state index contributed by atoms with van der Waals surface area (Å²) in [5.74, 6) is 1.02. The molecule has 0 aliphatic heterocycles. The van der Waals surface area contributed by atoms with Crippen LogP contribution in [0.3, 0.4) is 0 Å². The molecule has 180 valence electrons.